The topological polar surface area (TPSA) is 62.6 Å². The van der Waals surface area contributed by atoms with Crippen molar-refractivity contribution in [3.8, 4) is 11.8 Å². The fourth-order valence-corrected chi connectivity index (χ4v) is 3.26. The minimum absolute atomic E-state index is 0.180. The smallest absolute Gasteiger partial charge is 0.410 e. The molecule has 1 saturated heterocycles. The lowest BCUT2D eigenvalue weighted by Gasteiger charge is -2.33. The van der Waals surface area contributed by atoms with Crippen LogP contribution in [-0.2, 0) is 4.74 Å². The van der Waals surface area contributed by atoms with E-state index in [2.05, 4.69) is 6.07 Å². The standard InChI is InChI=1S/C22H32N2O3/c1-22(2,3)27-21(25)24-14-12-18(13-15-24)7-5-4-6-16-26-20-10-8-19(17-23)9-11-20/h8-11,18H,4-7,12-16H2,1-3H3. The number of ether oxygens (including phenoxy) is 2. The van der Waals surface area contributed by atoms with E-state index in [1.54, 1.807) is 12.1 Å². The van der Waals surface area contributed by atoms with Crippen molar-refractivity contribution in [3.63, 3.8) is 0 Å². The van der Waals surface area contributed by atoms with Crippen molar-refractivity contribution in [1.29, 1.82) is 5.26 Å². The molecule has 0 aromatic heterocycles. The van der Waals surface area contributed by atoms with Gasteiger partial charge in [-0.3, -0.25) is 0 Å². The number of piperidine rings is 1. The van der Waals surface area contributed by atoms with Gasteiger partial charge in [0.2, 0.25) is 0 Å². The summed E-state index contributed by atoms with van der Waals surface area (Å²) in [5.74, 6) is 1.53. The monoisotopic (exact) mass is 372 g/mol. The molecule has 0 N–H and O–H groups in total. The van der Waals surface area contributed by atoms with Gasteiger partial charge in [-0.05, 0) is 70.2 Å². The number of hydrogen-bond acceptors (Lipinski definition) is 4. The molecule has 1 aromatic rings. The number of nitrogens with zero attached hydrogens (tertiary/aromatic N) is 2. The quantitative estimate of drug-likeness (QED) is 0.621. The zero-order valence-electron chi connectivity index (χ0n) is 16.9. The Morgan fingerprint density at radius 1 is 1.15 bits per heavy atom. The zero-order valence-corrected chi connectivity index (χ0v) is 16.9. The summed E-state index contributed by atoms with van der Waals surface area (Å²) < 4.78 is 11.2. The molecule has 1 heterocycles. The lowest BCUT2D eigenvalue weighted by atomic mass is 9.91. The van der Waals surface area contributed by atoms with Crippen molar-refractivity contribution in [2.75, 3.05) is 19.7 Å². The number of likely N-dealkylation sites (tertiary alicyclic amines) is 1. The fourth-order valence-electron chi connectivity index (χ4n) is 3.26. The van der Waals surface area contributed by atoms with Crippen molar-refractivity contribution >= 4 is 6.09 Å². The molecule has 1 amide bonds. The normalized spacial score (nSPS) is 15.3. The van der Waals surface area contributed by atoms with Gasteiger partial charge in [-0.1, -0.05) is 19.3 Å². The Hall–Kier alpha value is -2.22. The van der Waals surface area contributed by atoms with Gasteiger partial charge in [0.25, 0.3) is 0 Å². The van der Waals surface area contributed by atoms with Crippen molar-refractivity contribution in [2.24, 2.45) is 5.92 Å². The second-order valence-electron chi connectivity index (χ2n) is 8.24. The van der Waals surface area contributed by atoms with E-state index < -0.39 is 5.60 Å². The van der Waals surface area contributed by atoms with Crippen molar-refractivity contribution in [1.82, 2.24) is 4.90 Å². The maximum atomic E-state index is 12.1. The van der Waals surface area contributed by atoms with E-state index in [0.29, 0.717) is 18.1 Å². The Morgan fingerprint density at radius 3 is 2.41 bits per heavy atom. The molecule has 0 saturated carbocycles. The summed E-state index contributed by atoms with van der Waals surface area (Å²) in [7, 11) is 0. The van der Waals surface area contributed by atoms with Gasteiger partial charge in [-0.25, -0.2) is 4.79 Å². The average Bonchev–Trinajstić information content (AvgIpc) is 2.64. The van der Waals surface area contributed by atoms with Gasteiger partial charge in [0, 0.05) is 13.1 Å². The SMILES string of the molecule is CC(C)(C)OC(=O)N1CCC(CCCCCOc2ccc(C#N)cc2)CC1. The molecule has 0 unspecified atom stereocenters. The van der Waals surface area contributed by atoms with Gasteiger partial charge in [-0.15, -0.1) is 0 Å². The molecular formula is C22H32N2O3. The van der Waals surface area contributed by atoms with Crippen LogP contribution in [0.2, 0.25) is 0 Å². The molecule has 5 heteroatoms. The van der Waals surface area contributed by atoms with Gasteiger partial charge in [0.15, 0.2) is 0 Å². The van der Waals surface area contributed by atoms with E-state index in [0.717, 1.165) is 44.5 Å². The third-order valence-corrected chi connectivity index (χ3v) is 4.78. The second kappa shape index (κ2) is 10.2. The molecular weight excluding hydrogens is 340 g/mol. The van der Waals surface area contributed by atoms with Gasteiger partial charge < -0.3 is 14.4 Å². The van der Waals surface area contributed by atoms with Crippen LogP contribution in [0.5, 0.6) is 5.75 Å². The first-order chi connectivity index (χ1) is 12.9. The highest BCUT2D eigenvalue weighted by Gasteiger charge is 2.26. The lowest BCUT2D eigenvalue weighted by Crippen LogP contribution is -2.41. The van der Waals surface area contributed by atoms with E-state index in [1.165, 1.54) is 12.8 Å². The first kappa shape index (κ1) is 21.1. The average molecular weight is 373 g/mol. The molecule has 0 radical (unpaired) electrons. The van der Waals surface area contributed by atoms with Crippen LogP contribution in [0, 0.1) is 17.2 Å². The van der Waals surface area contributed by atoms with Crippen LogP contribution in [-0.4, -0.2) is 36.3 Å². The number of unbranched alkanes of at least 4 members (excludes halogenated alkanes) is 2. The Bertz CT molecular complexity index is 620. The maximum Gasteiger partial charge on any atom is 0.410 e. The number of benzene rings is 1. The van der Waals surface area contributed by atoms with Gasteiger partial charge in [0.05, 0.1) is 18.2 Å². The summed E-state index contributed by atoms with van der Waals surface area (Å²) in [6.07, 6.45) is 6.58. The van der Waals surface area contributed by atoms with Gasteiger partial charge in [-0.2, -0.15) is 5.26 Å². The third kappa shape index (κ3) is 7.90. The van der Waals surface area contributed by atoms with Crippen LogP contribution in [0.4, 0.5) is 4.79 Å². The predicted octanol–water partition coefficient (Wildman–Crippen LogP) is 5.14. The van der Waals surface area contributed by atoms with Crippen LogP contribution >= 0.6 is 0 Å². The third-order valence-electron chi connectivity index (χ3n) is 4.78. The van der Waals surface area contributed by atoms with E-state index in [-0.39, 0.29) is 6.09 Å². The Balaban J connectivity index is 1.53. The number of hydrogen-bond donors (Lipinski definition) is 0. The van der Waals surface area contributed by atoms with Crippen LogP contribution in [0.1, 0.15) is 64.9 Å². The second-order valence-corrected chi connectivity index (χ2v) is 8.24. The van der Waals surface area contributed by atoms with Gasteiger partial charge >= 0.3 is 6.09 Å². The molecule has 0 spiro atoms. The van der Waals surface area contributed by atoms with E-state index in [4.69, 9.17) is 14.7 Å². The number of amides is 1. The summed E-state index contributed by atoms with van der Waals surface area (Å²) in [6, 6.07) is 9.35. The van der Waals surface area contributed by atoms with Crippen molar-refractivity contribution in [2.45, 2.75) is 64.9 Å². The molecule has 27 heavy (non-hydrogen) atoms. The van der Waals surface area contributed by atoms with Crippen LogP contribution < -0.4 is 4.74 Å². The highest BCUT2D eigenvalue weighted by atomic mass is 16.6. The summed E-state index contributed by atoms with van der Waals surface area (Å²) in [5.41, 5.74) is 0.230. The molecule has 5 nitrogen and oxygen atoms in total. The zero-order chi connectivity index (χ0) is 19.7. The molecule has 0 aliphatic carbocycles. The number of carbonyl (C=O) groups excluding carboxylic acids is 1. The molecule has 1 fully saturated rings. The summed E-state index contributed by atoms with van der Waals surface area (Å²) in [4.78, 5) is 13.9. The first-order valence-electron chi connectivity index (χ1n) is 9.98. The summed E-state index contributed by atoms with van der Waals surface area (Å²) in [6.45, 7) is 8.04. The lowest BCUT2D eigenvalue weighted by molar-refractivity contribution is 0.0180. The highest BCUT2D eigenvalue weighted by molar-refractivity contribution is 5.68. The fraction of sp³-hybridized carbons (Fsp3) is 0.636. The molecule has 148 valence electrons. The van der Waals surface area contributed by atoms with Crippen LogP contribution in [0.3, 0.4) is 0 Å². The van der Waals surface area contributed by atoms with Crippen LogP contribution in [0.25, 0.3) is 0 Å². The Labute approximate surface area is 163 Å². The van der Waals surface area contributed by atoms with Gasteiger partial charge in [0.1, 0.15) is 11.4 Å². The summed E-state index contributed by atoms with van der Waals surface area (Å²) >= 11 is 0. The van der Waals surface area contributed by atoms with Crippen molar-refractivity contribution in [3.05, 3.63) is 29.8 Å². The number of carbonyl (C=O) groups is 1. The molecule has 1 aromatic carbocycles. The van der Waals surface area contributed by atoms with E-state index >= 15 is 0 Å². The first-order valence-corrected chi connectivity index (χ1v) is 9.98. The van der Waals surface area contributed by atoms with E-state index in [1.807, 2.05) is 37.8 Å². The predicted molar refractivity (Wildman–Crippen MR) is 106 cm³/mol. The Kier molecular flexibility index (Phi) is 7.97. The molecule has 2 rings (SSSR count). The number of rotatable bonds is 7. The molecule has 1 aliphatic rings. The summed E-state index contributed by atoms with van der Waals surface area (Å²) in [5, 5.41) is 8.78. The van der Waals surface area contributed by atoms with E-state index in [9.17, 15) is 4.79 Å². The minimum atomic E-state index is -0.423. The van der Waals surface area contributed by atoms with Crippen LogP contribution in [0.15, 0.2) is 24.3 Å². The molecule has 0 atom stereocenters. The largest absolute Gasteiger partial charge is 0.494 e. The molecule has 1 aliphatic heterocycles. The highest BCUT2D eigenvalue weighted by Crippen LogP contribution is 2.24. The van der Waals surface area contributed by atoms with Crippen molar-refractivity contribution < 1.29 is 14.3 Å². The Morgan fingerprint density at radius 2 is 1.81 bits per heavy atom. The number of nitriles is 1. The molecule has 0 bridgehead atoms. The maximum absolute atomic E-state index is 12.1. The minimum Gasteiger partial charge on any atom is -0.494 e.